The van der Waals surface area contributed by atoms with Gasteiger partial charge in [-0.1, -0.05) is 36.2 Å². The minimum absolute atomic E-state index is 0.168. The van der Waals surface area contributed by atoms with Crippen LogP contribution < -0.4 is 4.74 Å². The molecule has 192 valence electrons. The fraction of sp³-hybridized carbons (Fsp3) is 0.538. The van der Waals surface area contributed by atoms with Gasteiger partial charge in [-0.25, -0.2) is 0 Å². The molecule has 0 amide bonds. The van der Waals surface area contributed by atoms with Gasteiger partial charge in [-0.15, -0.1) is 0 Å². The molecule has 8 nitrogen and oxygen atoms in total. The van der Waals surface area contributed by atoms with E-state index < -0.39 is 36.8 Å². The van der Waals surface area contributed by atoms with E-state index in [9.17, 15) is 25.5 Å². The maximum atomic E-state index is 11.3. The minimum atomic E-state index is -2.35. The number of hydrogen-bond acceptors (Lipinski definition) is 8. The first-order chi connectivity index (χ1) is 16.8. The van der Waals surface area contributed by atoms with E-state index in [1.807, 2.05) is 31.2 Å². The minimum Gasteiger partial charge on any atom is -0.494 e. The molecule has 2 fully saturated rings. The maximum Gasteiger partial charge on any atom is 0.222 e. The number of aliphatic hydroxyl groups is 5. The monoisotopic (exact) mass is 507 g/mol. The number of hydrogen-bond donors (Lipinski definition) is 5. The number of ether oxygens (including phenoxy) is 2. The maximum absolute atomic E-state index is 11.3. The summed E-state index contributed by atoms with van der Waals surface area (Å²) >= 11 is 6.70. The molecule has 0 saturated carbocycles. The molecule has 4 rings (SSSR count). The average Bonchev–Trinajstić information content (AvgIpc) is 2.88. The molecule has 2 saturated heterocycles. The Balaban J connectivity index is 1.77. The number of nitrogens with zero attached hydrogens (tertiary/aromatic N) is 1. The lowest BCUT2D eigenvalue weighted by Crippen LogP contribution is -2.63. The zero-order valence-corrected chi connectivity index (χ0v) is 20.5. The van der Waals surface area contributed by atoms with Crippen LogP contribution >= 0.6 is 11.6 Å². The highest BCUT2D eigenvalue weighted by atomic mass is 35.5. The van der Waals surface area contributed by atoms with Crippen LogP contribution in [0.5, 0.6) is 5.75 Å². The highest BCUT2D eigenvalue weighted by Crippen LogP contribution is 2.41. The van der Waals surface area contributed by atoms with Crippen molar-refractivity contribution in [2.45, 2.75) is 62.4 Å². The fourth-order valence-corrected chi connectivity index (χ4v) is 5.27. The molecule has 2 heterocycles. The van der Waals surface area contributed by atoms with E-state index in [0.29, 0.717) is 17.2 Å². The van der Waals surface area contributed by atoms with Crippen molar-refractivity contribution in [2.24, 2.45) is 0 Å². The molecule has 9 heteroatoms. The molecular weight excluding hydrogens is 474 g/mol. The van der Waals surface area contributed by atoms with E-state index >= 15 is 0 Å². The van der Waals surface area contributed by atoms with Crippen LogP contribution in [-0.2, 0) is 10.5 Å². The second kappa shape index (κ2) is 11.1. The predicted molar refractivity (Wildman–Crippen MR) is 130 cm³/mol. The van der Waals surface area contributed by atoms with Crippen molar-refractivity contribution in [3.05, 3.63) is 64.2 Å². The van der Waals surface area contributed by atoms with Gasteiger partial charge in [-0.05, 0) is 68.2 Å². The van der Waals surface area contributed by atoms with Gasteiger partial charge in [0.1, 0.15) is 30.2 Å². The van der Waals surface area contributed by atoms with Crippen LogP contribution in [0.1, 0.15) is 48.9 Å². The van der Waals surface area contributed by atoms with E-state index in [0.717, 1.165) is 43.7 Å². The number of likely N-dealkylation sites (tertiary alicyclic amines) is 1. The molecule has 0 spiro atoms. The van der Waals surface area contributed by atoms with Crippen molar-refractivity contribution >= 4 is 11.6 Å². The van der Waals surface area contributed by atoms with Gasteiger partial charge in [-0.3, -0.25) is 4.90 Å². The quantitative estimate of drug-likeness (QED) is 0.385. The van der Waals surface area contributed by atoms with Crippen molar-refractivity contribution in [3.63, 3.8) is 0 Å². The average molecular weight is 508 g/mol. The Morgan fingerprint density at radius 2 is 1.74 bits per heavy atom. The fourth-order valence-electron chi connectivity index (χ4n) is 5.05. The van der Waals surface area contributed by atoms with Crippen LogP contribution in [0.3, 0.4) is 0 Å². The van der Waals surface area contributed by atoms with Crippen LogP contribution in [0.25, 0.3) is 0 Å². The molecule has 1 unspecified atom stereocenters. The van der Waals surface area contributed by atoms with Gasteiger partial charge < -0.3 is 35.0 Å². The lowest BCUT2D eigenvalue weighted by Gasteiger charge is -2.45. The first-order valence-electron chi connectivity index (χ1n) is 12.1. The summed E-state index contributed by atoms with van der Waals surface area (Å²) in [7, 11) is 0. The number of halogens is 1. The summed E-state index contributed by atoms with van der Waals surface area (Å²) in [5, 5.41) is 52.5. The van der Waals surface area contributed by atoms with Crippen molar-refractivity contribution in [1.82, 2.24) is 4.90 Å². The molecule has 2 aromatic rings. The van der Waals surface area contributed by atoms with Crippen LogP contribution in [0.4, 0.5) is 0 Å². The van der Waals surface area contributed by atoms with Crippen LogP contribution in [0.15, 0.2) is 42.5 Å². The van der Waals surface area contributed by atoms with Gasteiger partial charge in [0, 0.05) is 10.6 Å². The third-order valence-electron chi connectivity index (χ3n) is 6.93. The molecule has 35 heavy (non-hydrogen) atoms. The highest BCUT2D eigenvalue weighted by Gasteiger charge is 2.53. The summed E-state index contributed by atoms with van der Waals surface area (Å²) < 4.78 is 11.1. The van der Waals surface area contributed by atoms with Crippen molar-refractivity contribution in [3.8, 4) is 5.75 Å². The Kier molecular flexibility index (Phi) is 8.35. The van der Waals surface area contributed by atoms with Gasteiger partial charge in [0.2, 0.25) is 5.79 Å². The third-order valence-corrected chi connectivity index (χ3v) is 7.28. The zero-order valence-electron chi connectivity index (χ0n) is 19.8. The van der Waals surface area contributed by atoms with E-state index in [-0.39, 0.29) is 11.6 Å². The third kappa shape index (κ3) is 5.21. The van der Waals surface area contributed by atoms with Gasteiger partial charge in [0.05, 0.1) is 19.3 Å². The summed E-state index contributed by atoms with van der Waals surface area (Å²) in [6.07, 6.45) is -3.11. The van der Waals surface area contributed by atoms with E-state index in [2.05, 4.69) is 4.90 Å². The number of aliphatic hydroxyl groups excluding tert-OH is 4. The van der Waals surface area contributed by atoms with E-state index in [1.165, 1.54) is 6.07 Å². The van der Waals surface area contributed by atoms with Gasteiger partial charge in [0.15, 0.2) is 0 Å². The molecule has 5 N–H and O–H groups in total. The first kappa shape index (κ1) is 26.3. The molecular formula is C26H34ClNO7. The Morgan fingerprint density at radius 1 is 1.06 bits per heavy atom. The van der Waals surface area contributed by atoms with Crippen LogP contribution in [-0.4, -0.2) is 81.2 Å². The SMILES string of the molecule is CCOc1ccc(C(c2cc([C@]3(O)O[C@H](CO)[C@@H](O)[C@H](O)[C@H]3O)ccc2Cl)N2CCCCC2)cc1. The predicted octanol–water partition coefficient (Wildman–Crippen LogP) is 1.93. The lowest BCUT2D eigenvalue weighted by molar-refractivity contribution is -0.357. The Labute approximate surface area is 210 Å². The van der Waals surface area contributed by atoms with Crippen molar-refractivity contribution in [2.75, 3.05) is 26.3 Å². The van der Waals surface area contributed by atoms with E-state index in [4.69, 9.17) is 21.1 Å². The molecule has 0 aliphatic carbocycles. The smallest absolute Gasteiger partial charge is 0.222 e. The Bertz CT molecular complexity index is 982. The normalized spacial score (nSPS) is 30.7. The van der Waals surface area contributed by atoms with E-state index in [1.54, 1.807) is 12.1 Å². The number of piperidine rings is 1. The molecule has 0 aromatic heterocycles. The molecule has 2 aliphatic heterocycles. The molecule has 2 aliphatic rings. The molecule has 0 radical (unpaired) electrons. The largest absolute Gasteiger partial charge is 0.494 e. The summed E-state index contributed by atoms with van der Waals surface area (Å²) in [6.45, 7) is 3.60. The Morgan fingerprint density at radius 3 is 2.37 bits per heavy atom. The Hall–Kier alpha value is -1.75. The molecule has 2 aromatic carbocycles. The summed E-state index contributed by atoms with van der Waals surface area (Å²) in [4.78, 5) is 2.33. The highest BCUT2D eigenvalue weighted by molar-refractivity contribution is 6.31. The summed E-state index contributed by atoms with van der Waals surface area (Å²) in [6, 6.07) is 12.4. The topological polar surface area (TPSA) is 123 Å². The van der Waals surface area contributed by atoms with Crippen molar-refractivity contribution in [1.29, 1.82) is 0 Å². The molecule has 0 bridgehead atoms. The summed E-state index contributed by atoms with van der Waals surface area (Å²) in [5.74, 6) is -1.58. The zero-order chi connectivity index (χ0) is 25.2. The van der Waals surface area contributed by atoms with Crippen molar-refractivity contribution < 1.29 is 35.0 Å². The van der Waals surface area contributed by atoms with Crippen LogP contribution in [0.2, 0.25) is 5.02 Å². The first-order valence-corrected chi connectivity index (χ1v) is 12.5. The second-order valence-electron chi connectivity index (χ2n) is 9.20. The van der Waals surface area contributed by atoms with Gasteiger partial charge >= 0.3 is 0 Å². The number of rotatable bonds is 7. The van der Waals surface area contributed by atoms with Crippen LogP contribution in [0, 0.1) is 0 Å². The molecule has 6 atom stereocenters. The number of benzene rings is 2. The summed E-state index contributed by atoms with van der Waals surface area (Å²) in [5.41, 5.74) is 1.87. The van der Waals surface area contributed by atoms with Gasteiger partial charge in [-0.2, -0.15) is 0 Å². The lowest BCUT2D eigenvalue weighted by atomic mass is 9.86. The standard InChI is InChI=1S/C26H34ClNO7/c1-2-34-18-9-6-16(7-10-18)22(28-12-4-3-5-13-28)19-14-17(8-11-20(19)27)26(33)25(32)24(31)23(30)21(15-29)35-26/h6-11,14,21-25,29-33H,2-5,12-13,15H2,1H3/t21-,22?,23-,24+,25-,26+/m1/s1. The van der Waals surface area contributed by atoms with Gasteiger partial charge in [0.25, 0.3) is 0 Å². The second-order valence-corrected chi connectivity index (χ2v) is 9.61.